The summed E-state index contributed by atoms with van der Waals surface area (Å²) in [6.07, 6.45) is -0.730. The number of alkyl halides is 3. The molecule has 0 spiro atoms. The van der Waals surface area contributed by atoms with E-state index in [9.17, 15) is 13.2 Å². The molecule has 0 aliphatic heterocycles. The molecular weight excluding hydrogens is 375 g/mol. The van der Waals surface area contributed by atoms with E-state index in [4.69, 9.17) is 10.5 Å². The number of fused-ring (bicyclic) bond motifs is 1. The predicted molar refractivity (Wildman–Crippen MR) is 101 cm³/mol. The lowest BCUT2D eigenvalue weighted by Crippen LogP contribution is -2.21. The van der Waals surface area contributed by atoms with Crippen molar-refractivity contribution in [2.45, 2.75) is 38.7 Å². The molecule has 6 nitrogen and oxygen atoms in total. The number of aromatic nitrogens is 4. The first-order valence-electron chi connectivity index (χ1n) is 8.50. The number of pyridine rings is 1. The van der Waals surface area contributed by atoms with Gasteiger partial charge in [0.05, 0.1) is 17.2 Å². The molecule has 0 aliphatic carbocycles. The predicted octanol–water partition coefficient (Wildman–Crippen LogP) is 4.27. The third-order valence-electron chi connectivity index (χ3n) is 4.13. The molecule has 0 atom stereocenters. The van der Waals surface area contributed by atoms with Gasteiger partial charge in [-0.25, -0.2) is 4.98 Å². The van der Waals surface area contributed by atoms with Crippen LogP contribution in [-0.4, -0.2) is 34.0 Å². The number of hydrogen-bond donors (Lipinski definition) is 1. The Morgan fingerprint density at radius 2 is 1.93 bits per heavy atom. The number of halogens is 3. The van der Waals surface area contributed by atoms with Crippen molar-refractivity contribution in [3.05, 3.63) is 30.7 Å². The minimum absolute atomic E-state index is 0.0255. The lowest BCUT2D eigenvalue weighted by atomic mass is 10.1. The molecule has 146 valence electrons. The van der Waals surface area contributed by atoms with E-state index in [1.54, 1.807) is 18.3 Å². The van der Waals surface area contributed by atoms with Crippen molar-refractivity contribution in [2.75, 3.05) is 12.3 Å². The Hall–Kier alpha value is -2.33. The maximum absolute atomic E-state index is 12.8. The molecule has 0 aliphatic rings. The van der Waals surface area contributed by atoms with Gasteiger partial charge in [-0.15, -0.1) is 13.2 Å². The van der Waals surface area contributed by atoms with Crippen molar-refractivity contribution in [2.24, 2.45) is 0 Å². The number of nitrogen functional groups attached to an aromatic ring is 1. The van der Waals surface area contributed by atoms with Crippen LogP contribution in [0.4, 0.5) is 19.0 Å². The highest BCUT2D eigenvalue weighted by Crippen LogP contribution is 2.32. The van der Waals surface area contributed by atoms with Crippen LogP contribution in [0.2, 0.25) is 25.7 Å². The second-order valence-corrected chi connectivity index (χ2v) is 13.2. The van der Waals surface area contributed by atoms with Gasteiger partial charge >= 0.3 is 6.30 Å². The van der Waals surface area contributed by atoms with Crippen molar-refractivity contribution in [1.82, 2.24) is 19.3 Å². The van der Waals surface area contributed by atoms with Gasteiger partial charge in [0.25, 0.3) is 0 Å². The molecule has 10 heteroatoms. The highest BCUT2D eigenvalue weighted by atomic mass is 28.3. The molecule has 0 radical (unpaired) electrons. The molecule has 0 fully saturated rings. The Balaban J connectivity index is 1.91. The maximum Gasteiger partial charge on any atom is 0.504 e. The van der Waals surface area contributed by atoms with E-state index in [0.717, 1.165) is 17.8 Å². The second-order valence-electron chi connectivity index (χ2n) is 7.61. The number of ether oxygens (including phenoxy) is 1. The van der Waals surface area contributed by atoms with Gasteiger partial charge in [0.1, 0.15) is 12.5 Å². The van der Waals surface area contributed by atoms with Crippen molar-refractivity contribution in [1.29, 1.82) is 0 Å². The van der Waals surface area contributed by atoms with Gasteiger partial charge in [0.15, 0.2) is 0 Å². The van der Waals surface area contributed by atoms with Gasteiger partial charge in [-0.05, 0) is 18.2 Å². The Labute approximate surface area is 155 Å². The molecule has 0 saturated carbocycles. The Kier molecular flexibility index (Phi) is 5.04. The van der Waals surface area contributed by atoms with Gasteiger partial charge in [0.2, 0.25) is 0 Å². The third-order valence-corrected chi connectivity index (χ3v) is 5.83. The van der Waals surface area contributed by atoms with Gasteiger partial charge < -0.3 is 15.0 Å². The van der Waals surface area contributed by atoms with Crippen LogP contribution >= 0.6 is 0 Å². The third kappa shape index (κ3) is 4.50. The van der Waals surface area contributed by atoms with E-state index in [0.29, 0.717) is 35.8 Å². The summed E-state index contributed by atoms with van der Waals surface area (Å²) in [7, 11) is -1.20. The number of rotatable bonds is 6. The Morgan fingerprint density at radius 3 is 2.56 bits per heavy atom. The van der Waals surface area contributed by atoms with Crippen LogP contribution in [-0.2, 0) is 17.8 Å². The van der Waals surface area contributed by atoms with Crippen LogP contribution in [0.15, 0.2) is 30.7 Å². The standard InChI is InChI=1S/C17H22F3N5OSi/c1-27(2,3)7-6-26-11-24-10-13(16-14(24)4-5-15(21)23-16)12-8-22-25(9-12)17(18,19)20/h4-5,8-10H,6-7,11H2,1-3H3,(H2,21,23). The SMILES string of the molecule is C[Si](C)(C)CCOCn1cc(-c2cnn(C(F)(F)F)c2)c2nc(N)ccc21. The fourth-order valence-electron chi connectivity index (χ4n) is 2.64. The van der Waals surface area contributed by atoms with Gasteiger partial charge in [0, 0.05) is 38.2 Å². The first kappa shape index (κ1) is 19.4. The highest BCUT2D eigenvalue weighted by molar-refractivity contribution is 6.76. The zero-order chi connectivity index (χ0) is 19.8. The normalized spacial score (nSPS) is 12.8. The van der Waals surface area contributed by atoms with E-state index < -0.39 is 14.4 Å². The van der Waals surface area contributed by atoms with Crippen LogP contribution in [0.1, 0.15) is 0 Å². The highest BCUT2D eigenvalue weighted by Gasteiger charge is 2.32. The van der Waals surface area contributed by atoms with E-state index >= 15 is 0 Å². The zero-order valence-electron chi connectivity index (χ0n) is 15.4. The molecule has 0 unspecified atom stereocenters. The molecule has 0 aromatic carbocycles. The molecule has 2 N–H and O–H groups in total. The number of anilines is 1. The van der Waals surface area contributed by atoms with E-state index in [1.807, 2.05) is 4.57 Å². The smallest absolute Gasteiger partial charge is 0.384 e. The first-order valence-corrected chi connectivity index (χ1v) is 12.2. The van der Waals surface area contributed by atoms with Crippen LogP contribution in [0.3, 0.4) is 0 Å². The molecule has 0 saturated heterocycles. The fourth-order valence-corrected chi connectivity index (χ4v) is 3.40. The molecule has 0 amide bonds. The monoisotopic (exact) mass is 397 g/mol. The summed E-state index contributed by atoms with van der Waals surface area (Å²) < 4.78 is 46.1. The van der Waals surface area contributed by atoms with Crippen LogP contribution in [0.25, 0.3) is 22.2 Å². The molecule has 3 aromatic heterocycles. The summed E-state index contributed by atoms with van der Waals surface area (Å²) in [6, 6.07) is 4.48. The van der Waals surface area contributed by atoms with Crippen LogP contribution < -0.4 is 5.73 Å². The van der Waals surface area contributed by atoms with Gasteiger partial charge in [-0.3, -0.25) is 0 Å². The summed E-state index contributed by atoms with van der Waals surface area (Å²) in [5, 5.41) is 3.40. The van der Waals surface area contributed by atoms with E-state index in [-0.39, 0.29) is 4.68 Å². The summed E-state index contributed by atoms with van der Waals surface area (Å²) in [6.45, 7) is 7.73. The van der Waals surface area contributed by atoms with E-state index in [2.05, 4.69) is 29.7 Å². The van der Waals surface area contributed by atoms with Crippen molar-refractivity contribution in [3.63, 3.8) is 0 Å². The van der Waals surface area contributed by atoms with Crippen molar-refractivity contribution >= 4 is 24.9 Å². The Bertz CT molecular complexity index is 942. The molecule has 3 aromatic rings. The minimum atomic E-state index is -4.57. The van der Waals surface area contributed by atoms with Gasteiger partial charge in [-0.2, -0.15) is 9.78 Å². The zero-order valence-corrected chi connectivity index (χ0v) is 16.4. The largest absolute Gasteiger partial charge is 0.504 e. The van der Waals surface area contributed by atoms with Crippen molar-refractivity contribution in [3.8, 4) is 11.1 Å². The molecule has 3 heterocycles. The quantitative estimate of drug-likeness (QED) is 0.498. The molecule has 27 heavy (non-hydrogen) atoms. The van der Waals surface area contributed by atoms with Crippen molar-refractivity contribution < 1.29 is 17.9 Å². The average molecular weight is 397 g/mol. The number of hydrogen-bond acceptors (Lipinski definition) is 4. The Morgan fingerprint density at radius 1 is 1.19 bits per heavy atom. The summed E-state index contributed by atoms with van der Waals surface area (Å²) in [5.74, 6) is 0.296. The maximum atomic E-state index is 12.8. The molecular formula is C17H22F3N5OSi. The first-order chi connectivity index (χ1) is 12.5. The fraction of sp³-hybridized carbons (Fsp3) is 0.412. The van der Waals surface area contributed by atoms with Crippen LogP contribution in [0, 0.1) is 0 Å². The number of nitrogens with two attached hydrogens (primary N) is 1. The average Bonchev–Trinajstić information content (AvgIpc) is 3.15. The molecule has 3 rings (SSSR count). The lowest BCUT2D eigenvalue weighted by molar-refractivity contribution is -0.212. The second kappa shape index (κ2) is 7.00. The minimum Gasteiger partial charge on any atom is -0.384 e. The lowest BCUT2D eigenvalue weighted by Gasteiger charge is -2.15. The van der Waals surface area contributed by atoms with Gasteiger partial charge in [-0.1, -0.05) is 19.6 Å². The topological polar surface area (TPSA) is 70.9 Å². The number of nitrogens with zero attached hydrogens (tertiary/aromatic N) is 4. The summed E-state index contributed by atoms with van der Waals surface area (Å²) in [4.78, 5) is 4.30. The summed E-state index contributed by atoms with van der Waals surface area (Å²) >= 11 is 0. The van der Waals surface area contributed by atoms with E-state index in [1.165, 1.54) is 6.20 Å². The summed E-state index contributed by atoms with van der Waals surface area (Å²) in [5.41, 5.74) is 7.88. The van der Waals surface area contributed by atoms with Crippen LogP contribution in [0.5, 0.6) is 0 Å². The molecule has 0 bridgehead atoms.